The molecule has 0 aromatic heterocycles. The fourth-order valence-corrected chi connectivity index (χ4v) is 2.59. The van der Waals surface area contributed by atoms with Crippen LogP contribution in [0.25, 0.3) is 0 Å². The summed E-state index contributed by atoms with van der Waals surface area (Å²) in [6.07, 6.45) is 0. The van der Waals surface area contributed by atoms with Crippen molar-refractivity contribution in [2.45, 2.75) is 6.54 Å². The van der Waals surface area contributed by atoms with Crippen molar-refractivity contribution in [3.63, 3.8) is 0 Å². The Morgan fingerprint density at radius 2 is 1.50 bits per heavy atom. The van der Waals surface area contributed by atoms with E-state index in [9.17, 15) is 9.59 Å². The molecule has 0 fully saturated rings. The number of benzene rings is 3. The molecule has 6 heteroatoms. The lowest BCUT2D eigenvalue weighted by Gasteiger charge is -2.09. The first-order valence-electron chi connectivity index (χ1n) is 8.78. The molecular weight excluding hydrogens is 354 g/mol. The minimum atomic E-state index is -0.346. The van der Waals surface area contributed by atoms with Crippen molar-refractivity contribution in [3.05, 3.63) is 90.0 Å². The largest absolute Gasteiger partial charge is 0.497 e. The number of ether oxygens (including phenoxy) is 1. The van der Waals surface area contributed by atoms with Crippen LogP contribution in [-0.2, 0) is 6.54 Å². The van der Waals surface area contributed by atoms with E-state index in [1.807, 2.05) is 42.5 Å². The molecule has 0 atom stereocenters. The lowest BCUT2D eigenvalue weighted by molar-refractivity contribution is 0.0951. The van der Waals surface area contributed by atoms with E-state index in [1.165, 1.54) is 0 Å². The number of anilines is 2. The van der Waals surface area contributed by atoms with Gasteiger partial charge in [-0.25, -0.2) is 4.79 Å². The molecule has 0 bridgehead atoms. The number of rotatable bonds is 6. The van der Waals surface area contributed by atoms with E-state index in [0.29, 0.717) is 23.5 Å². The van der Waals surface area contributed by atoms with E-state index >= 15 is 0 Å². The van der Waals surface area contributed by atoms with Crippen molar-refractivity contribution in [2.24, 2.45) is 0 Å². The van der Waals surface area contributed by atoms with Crippen molar-refractivity contribution >= 4 is 23.3 Å². The zero-order chi connectivity index (χ0) is 19.8. The smallest absolute Gasteiger partial charge is 0.323 e. The van der Waals surface area contributed by atoms with E-state index in [1.54, 1.807) is 43.5 Å². The third kappa shape index (κ3) is 5.35. The van der Waals surface area contributed by atoms with Crippen molar-refractivity contribution in [3.8, 4) is 5.75 Å². The average Bonchev–Trinajstić information content (AvgIpc) is 2.73. The minimum Gasteiger partial charge on any atom is -0.497 e. The van der Waals surface area contributed by atoms with Crippen LogP contribution in [0, 0.1) is 0 Å². The average molecular weight is 375 g/mol. The Morgan fingerprint density at radius 1 is 0.821 bits per heavy atom. The van der Waals surface area contributed by atoms with Crippen LogP contribution in [0.15, 0.2) is 78.9 Å². The summed E-state index contributed by atoms with van der Waals surface area (Å²) in [6, 6.07) is 23.0. The molecule has 0 aliphatic heterocycles. The van der Waals surface area contributed by atoms with Gasteiger partial charge >= 0.3 is 6.03 Å². The predicted octanol–water partition coefficient (Wildman–Crippen LogP) is 4.27. The standard InChI is InChI=1S/C22H21N3O3/c1-28-20-9-5-6-16(14-20)15-23-21(26)17-10-12-19(13-11-17)25-22(27)24-18-7-3-2-4-8-18/h2-14H,15H2,1H3,(H,23,26)(H2,24,25,27). The molecule has 0 saturated carbocycles. The van der Waals surface area contributed by atoms with Crippen molar-refractivity contribution < 1.29 is 14.3 Å². The number of para-hydroxylation sites is 1. The van der Waals surface area contributed by atoms with Gasteiger partial charge in [0.15, 0.2) is 0 Å². The molecule has 0 saturated heterocycles. The van der Waals surface area contributed by atoms with Gasteiger partial charge < -0.3 is 20.7 Å². The van der Waals surface area contributed by atoms with Gasteiger partial charge in [0.1, 0.15) is 5.75 Å². The van der Waals surface area contributed by atoms with Crippen LogP contribution in [0.4, 0.5) is 16.2 Å². The van der Waals surface area contributed by atoms with Crippen molar-refractivity contribution in [2.75, 3.05) is 17.7 Å². The Kier molecular flexibility index (Phi) is 6.25. The van der Waals surface area contributed by atoms with Crippen molar-refractivity contribution in [1.29, 1.82) is 0 Å². The van der Waals surface area contributed by atoms with Gasteiger partial charge in [0.25, 0.3) is 5.91 Å². The summed E-state index contributed by atoms with van der Waals surface area (Å²) >= 11 is 0. The number of nitrogens with one attached hydrogen (secondary N) is 3. The number of carbonyl (C=O) groups is 2. The van der Waals surface area contributed by atoms with Crippen LogP contribution in [0.5, 0.6) is 5.75 Å². The highest BCUT2D eigenvalue weighted by Gasteiger charge is 2.07. The van der Waals surface area contributed by atoms with E-state index in [2.05, 4.69) is 16.0 Å². The highest BCUT2D eigenvalue weighted by Crippen LogP contribution is 2.14. The van der Waals surface area contributed by atoms with Gasteiger partial charge in [-0.15, -0.1) is 0 Å². The highest BCUT2D eigenvalue weighted by atomic mass is 16.5. The summed E-state index contributed by atoms with van der Waals surface area (Å²) in [7, 11) is 1.60. The molecule has 6 nitrogen and oxygen atoms in total. The second kappa shape index (κ2) is 9.23. The first kappa shape index (κ1) is 19.0. The Bertz CT molecular complexity index is 941. The second-order valence-electron chi connectivity index (χ2n) is 6.06. The molecule has 0 aliphatic rings. The summed E-state index contributed by atoms with van der Waals surface area (Å²) in [5.41, 5.74) is 2.76. The zero-order valence-electron chi connectivity index (χ0n) is 15.4. The number of amides is 3. The van der Waals surface area contributed by atoms with Gasteiger partial charge in [-0.2, -0.15) is 0 Å². The molecule has 3 amide bonds. The molecule has 28 heavy (non-hydrogen) atoms. The maximum absolute atomic E-state index is 12.3. The monoisotopic (exact) mass is 375 g/mol. The van der Waals surface area contributed by atoms with E-state index < -0.39 is 0 Å². The molecule has 0 heterocycles. The van der Waals surface area contributed by atoms with Crippen LogP contribution < -0.4 is 20.7 Å². The van der Waals surface area contributed by atoms with Crippen molar-refractivity contribution in [1.82, 2.24) is 5.32 Å². The Labute approximate surface area is 163 Å². The number of urea groups is 1. The third-order valence-electron chi connectivity index (χ3n) is 4.02. The molecule has 0 spiro atoms. The number of hydrogen-bond donors (Lipinski definition) is 3. The maximum Gasteiger partial charge on any atom is 0.323 e. The number of hydrogen-bond acceptors (Lipinski definition) is 3. The van der Waals surface area contributed by atoms with Gasteiger partial charge in [0, 0.05) is 23.5 Å². The van der Waals surface area contributed by atoms with Gasteiger partial charge in [0.2, 0.25) is 0 Å². The fourth-order valence-electron chi connectivity index (χ4n) is 2.59. The summed E-state index contributed by atoms with van der Waals surface area (Å²) < 4.78 is 5.18. The summed E-state index contributed by atoms with van der Waals surface area (Å²) in [5.74, 6) is 0.555. The Balaban J connectivity index is 1.53. The zero-order valence-corrected chi connectivity index (χ0v) is 15.4. The number of carbonyl (C=O) groups excluding carboxylic acids is 2. The second-order valence-corrected chi connectivity index (χ2v) is 6.06. The van der Waals surface area contributed by atoms with E-state index in [4.69, 9.17) is 4.74 Å². The third-order valence-corrected chi connectivity index (χ3v) is 4.02. The first-order valence-corrected chi connectivity index (χ1v) is 8.78. The van der Waals surface area contributed by atoms with E-state index in [-0.39, 0.29) is 11.9 Å². The molecule has 0 unspecified atom stereocenters. The highest BCUT2D eigenvalue weighted by molar-refractivity contribution is 6.00. The minimum absolute atomic E-state index is 0.192. The molecule has 0 radical (unpaired) electrons. The summed E-state index contributed by atoms with van der Waals surface area (Å²) in [6.45, 7) is 0.398. The molecular formula is C22H21N3O3. The molecule has 3 aromatic rings. The summed E-state index contributed by atoms with van der Waals surface area (Å²) in [4.78, 5) is 24.3. The molecule has 0 aliphatic carbocycles. The summed E-state index contributed by atoms with van der Waals surface area (Å²) in [5, 5.41) is 8.33. The molecule has 3 N–H and O–H groups in total. The molecule has 142 valence electrons. The number of methoxy groups -OCH3 is 1. The van der Waals surface area contributed by atoms with Gasteiger partial charge in [-0.3, -0.25) is 4.79 Å². The van der Waals surface area contributed by atoms with Gasteiger partial charge in [-0.1, -0.05) is 30.3 Å². The van der Waals surface area contributed by atoms with Crippen LogP contribution in [0.1, 0.15) is 15.9 Å². The van der Waals surface area contributed by atoms with Crippen LogP contribution in [0.3, 0.4) is 0 Å². The molecule has 3 aromatic carbocycles. The molecule has 3 rings (SSSR count). The lowest BCUT2D eigenvalue weighted by atomic mass is 10.1. The quantitative estimate of drug-likeness (QED) is 0.602. The van der Waals surface area contributed by atoms with Gasteiger partial charge in [0.05, 0.1) is 7.11 Å². The Hall–Kier alpha value is -3.80. The topological polar surface area (TPSA) is 79.5 Å². The normalized spacial score (nSPS) is 10.0. The van der Waals surface area contributed by atoms with Crippen LogP contribution >= 0.6 is 0 Å². The SMILES string of the molecule is COc1cccc(CNC(=O)c2ccc(NC(=O)Nc3ccccc3)cc2)c1. The first-order chi connectivity index (χ1) is 13.6. The maximum atomic E-state index is 12.3. The van der Waals surface area contributed by atoms with E-state index in [0.717, 1.165) is 11.3 Å². The van der Waals surface area contributed by atoms with Crippen LogP contribution in [-0.4, -0.2) is 19.0 Å². The Morgan fingerprint density at radius 3 is 2.18 bits per heavy atom. The van der Waals surface area contributed by atoms with Crippen LogP contribution in [0.2, 0.25) is 0 Å². The van der Waals surface area contributed by atoms with Gasteiger partial charge in [-0.05, 0) is 54.1 Å². The fraction of sp³-hybridized carbons (Fsp3) is 0.0909. The predicted molar refractivity (Wildman–Crippen MR) is 110 cm³/mol. The lowest BCUT2D eigenvalue weighted by Crippen LogP contribution is -2.23.